The fourth-order valence-corrected chi connectivity index (χ4v) is 6.13. The highest BCUT2D eigenvalue weighted by molar-refractivity contribution is 7.89. The predicted octanol–water partition coefficient (Wildman–Crippen LogP) is 2.93. The SMILES string of the molecule is O=C(N[C@@H](CN1CCOCC1)c1ccccc1)c1ccc(Cl)c(S(=O)(=O)N2CCCC2)c1. The van der Waals surface area contributed by atoms with Crippen LogP contribution in [-0.4, -0.2) is 69.5 Å². The standard InChI is InChI=1S/C23H28ClN3O4S/c24-20-9-8-19(16-22(20)32(29,30)27-10-4-5-11-27)23(28)25-21(18-6-2-1-3-7-18)17-26-12-14-31-15-13-26/h1-3,6-9,16,21H,4-5,10-15,17H2,(H,25,28)/t21-/m0/s1. The van der Waals surface area contributed by atoms with Crippen LogP contribution in [0.4, 0.5) is 0 Å². The maximum Gasteiger partial charge on any atom is 0.251 e. The molecule has 2 aliphatic rings. The third kappa shape index (κ3) is 5.32. The molecule has 2 aliphatic heterocycles. The minimum Gasteiger partial charge on any atom is -0.379 e. The van der Waals surface area contributed by atoms with Gasteiger partial charge in [-0.2, -0.15) is 4.31 Å². The first-order valence-electron chi connectivity index (χ1n) is 10.9. The fourth-order valence-electron chi connectivity index (χ4n) is 4.11. The zero-order chi connectivity index (χ0) is 22.6. The lowest BCUT2D eigenvalue weighted by atomic mass is 10.1. The average molecular weight is 478 g/mol. The Morgan fingerprint density at radius 3 is 2.41 bits per heavy atom. The van der Waals surface area contributed by atoms with Gasteiger partial charge in [-0.05, 0) is 36.6 Å². The number of amides is 1. The van der Waals surface area contributed by atoms with Crippen molar-refractivity contribution in [2.75, 3.05) is 45.9 Å². The van der Waals surface area contributed by atoms with Crippen LogP contribution in [0.5, 0.6) is 0 Å². The molecule has 9 heteroatoms. The van der Waals surface area contributed by atoms with Crippen molar-refractivity contribution in [3.63, 3.8) is 0 Å². The van der Waals surface area contributed by atoms with Crippen LogP contribution in [0.15, 0.2) is 53.4 Å². The summed E-state index contributed by atoms with van der Waals surface area (Å²) in [5.74, 6) is -0.332. The number of carbonyl (C=O) groups is 1. The Morgan fingerprint density at radius 2 is 1.72 bits per heavy atom. The van der Waals surface area contributed by atoms with Gasteiger partial charge >= 0.3 is 0 Å². The van der Waals surface area contributed by atoms with Crippen molar-refractivity contribution in [3.8, 4) is 0 Å². The van der Waals surface area contributed by atoms with Gasteiger partial charge in [0, 0.05) is 38.3 Å². The van der Waals surface area contributed by atoms with E-state index in [1.54, 1.807) is 6.07 Å². The fraction of sp³-hybridized carbons (Fsp3) is 0.435. The van der Waals surface area contributed by atoms with Crippen molar-refractivity contribution in [1.29, 1.82) is 0 Å². The summed E-state index contributed by atoms with van der Waals surface area (Å²) in [6.07, 6.45) is 1.66. The molecular weight excluding hydrogens is 450 g/mol. The van der Waals surface area contributed by atoms with E-state index in [9.17, 15) is 13.2 Å². The molecule has 2 aromatic carbocycles. The van der Waals surface area contributed by atoms with E-state index in [0.717, 1.165) is 31.5 Å². The van der Waals surface area contributed by atoms with E-state index in [1.807, 2.05) is 30.3 Å². The Morgan fingerprint density at radius 1 is 1.03 bits per heavy atom. The van der Waals surface area contributed by atoms with Crippen LogP contribution in [0.2, 0.25) is 5.02 Å². The Kier molecular flexibility index (Phi) is 7.48. The molecule has 7 nitrogen and oxygen atoms in total. The van der Waals surface area contributed by atoms with Gasteiger partial charge in [-0.1, -0.05) is 41.9 Å². The molecule has 1 N–H and O–H groups in total. The van der Waals surface area contributed by atoms with Crippen LogP contribution < -0.4 is 5.32 Å². The molecule has 0 aromatic heterocycles. The third-order valence-electron chi connectivity index (χ3n) is 5.93. The summed E-state index contributed by atoms with van der Waals surface area (Å²) in [5, 5.41) is 3.22. The van der Waals surface area contributed by atoms with Crippen LogP contribution >= 0.6 is 11.6 Å². The van der Waals surface area contributed by atoms with E-state index < -0.39 is 10.0 Å². The first kappa shape index (κ1) is 23.2. The number of sulfonamides is 1. The second kappa shape index (κ2) is 10.3. The number of halogens is 1. The second-order valence-corrected chi connectivity index (χ2v) is 10.4. The second-order valence-electron chi connectivity index (χ2n) is 8.11. The molecular formula is C23H28ClN3O4S. The van der Waals surface area contributed by atoms with Crippen molar-refractivity contribution in [1.82, 2.24) is 14.5 Å². The van der Waals surface area contributed by atoms with Crippen molar-refractivity contribution < 1.29 is 17.9 Å². The summed E-state index contributed by atoms with van der Waals surface area (Å²) >= 11 is 6.24. The van der Waals surface area contributed by atoms with E-state index in [1.165, 1.54) is 16.4 Å². The molecule has 2 fully saturated rings. The lowest BCUT2D eigenvalue weighted by Gasteiger charge is -2.31. The van der Waals surface area contributed by atoms with Crippen molar-refractivity contribution in [2.24, 2.45) is 0 Å². The lowest BCUT2D eigenvalue weighted by Crippen LogP contribution is -2.43. The predicted molar refractivity (Wildman–Crippen MR) is 123 cm³/mol. The van der Waals surface area contributed by atoms with Gasteiger partial charge in [0.25, 0.3) is 5.91 Å². The number of rotatable bonds is 7. The van der Waals surface area contributed by atoms with E-state index in [-0.39, 0.29) is 27.4 Å². The molecule has 172 valence electrons. The van der Waals surface area contributed by atoms with Crippen LogP contribution in [0.1, 0.15) is 34.8 Å². The van der Waals surface area contributed by atoms with E-state index >= 15 is 0 Å². The Balaban J connectivity index is 1.56. The van der Waals surface area contributed by atoms with Gasteiger partial charge in [0.05, 0.1) is 24.3 Å². The molecule has 0 unspecified atom stereocenters. The van der Waals surface area contributed by atoms with Gasteiger partial charge in [-0.25, -0.2) is 8.42 Å². The van der Waals surface area contributed by atoms with E-state index in [0.29, 0.717) is 32.8 Å². The largest absolute Gasteiger partial charge is 0.379 e. The van der Waals surface area contributed by atoms with Gasteiger partial charge in [0.2, 0.25) is 10.0 Å². The molecule has 1 atom stereocenters. The summed E-state index contributed by atoms with van der Waals surface area (Å²) < 4.78 is 32.9. The van der Waals surface area contributed by atoms with Gasteiger partial charge in [-0.15, -0.1) is 0 Å². The molecule has 32 heavy (non-hydrogen) atoms. The number of ether oxygens (including phenoxy) is 1. The van der Waals surface area contributed by atoms with Gasteiger partial charge in [-0.3, -0.25) is 9.69 Å². The lowest BCUT2D eigenvalue weighted by molar-refractivity contribution is 0.0332. The highest BCUT2D eigenvalue weighted by Gasteiger charge is 2.30. The molecule has 0 saturated carbocycles. The molecule has 0 radical (unpaired) electrons. The molecule has 2 saturated heterocycles. The summed E-state index contributed by atoms with van der Waals surface area (Å²) in [6.45, 7) is 4.55. The highest BCUT2D eigenvalue weighted by atomic mass is 35.5. The molecule has 2 heterocycles. The number of carbonyl (C=O) groups excluding carboxylic acids is 1. The summed E-state index contributed by atoms with van der Waals surface area (Å²) in [5.41, 5.74) is 1.27. The zero-order valence-electron chi connectivity index (χ0n) is 17.9. The minimum atomic E-state index is -3.73. The normalized spacial score (nSPS) is 19.0. The maximum absolute atomic E-state index is 13.2. The number of hydrogen-bond donors (Lipinski definition) is 1. The molecule has 4 rings (SSSR count). The molecule has 0 bridgehead atoms. The zero-order valence-corrected chi connectivity index (χ0v) is 19.4. The van der Waals surface area contributed by atoms with Crippen molar-refractivity contribution >= 4 is 27.5 Å². The Bertz CT molecular complexity index is 1040. The van der Waals surface area contributed by atoms with Gasteiger partial charge < -0.3 is 10.1 Å². The first-order valence-corrected chi connectivity index (χ1v) is 12.7. The van der Waals surface area contributed by atoms with Gasteiger partial charge in [0.1, 0.15) is 4.90 Å². The molecule has 1 amide bonds. The third-order valence-corrected chi connectivity index (χ3v) is 8.31. The number of nitrogens with one attached hydrogen (secondary N) is 1. The molecule has 2 aromatic rings. The van der Waals surface area contributed by atoms with Crippen molar-refractivity contribution in [2.45, 2.75) is 23.8 Å². The van der Waals surface area contributed by atoms with Crippen LogP contribution in [0, 0.1) is 0 Å². The van der Waals surface area contributed by atoms with E-state index in [2.05, 4.69) is 10.2 Å². The molecule has 0 spiro atoms. The number of morpholine rings is 1. The van der Waals surface area contributed by atoms with Gasteiger partial charge in [0.15, 0.2) is 0 Å². The van der Waals surface area contributed by atoms with Crippen LogP contribution in [0.3, 0.4) is 0 Å². The maximum atomic E-state index is 13.2. The van der Waals surface area contributed by atoms with Crippen LogP contribution in [-0.2, 0) is 14.8 Å². The average Bonchev–Trinajstić information content (AvgIpc) is 3.36. The quantitative estimate of drug-likeness (QED) is 0.663. The number of hydrogen-bond acceptors (Lipinski definition) is 5. The topological polar surface area (TPSA) is 79.0 Å². The number of nitrogens with zero attached hydrogens (tertiary/aromatic N) is 2. The van der Waals surface area contributed by atoms with Crippen molar-refractivity contribution in [3.05, 3.63) is 64.7 Å². The Hall–Kier alpha value is -1.97. The smallest absolute Gasteiger partial charge is 0.251 e. The summed E-state index contributed by atoms with van der Waals surface area (Å²) in [6, 6.07) is 14.0. The Labute approximate surface area is 194 Å². The summed E-state index contributed by atoms with van der Waals surface area (Å²) in [4.78, 5) is 15.4. The summed E-state index contributed by atoms with van der Waals surface area (Å²) in [7, 11) is -3.73. The minimum absolute atomic E-state index is 0.0156. The first-order chi connectivity index (χ1) is 15.4. The monoisotopic (exact) mass is 477 g/mol. The molecule has 0 aliphatic carbocycles. The number of benzene rings is 2. The van der Waals surface area contributed by atoms with E-state index in [4.69, 9.17) is 16.3 Å². The highest BCUT2D eigenvalue weighted by Crippen LogP contribution is 2.28. The van der Waals surface area contributed by atoms with Crippen LogP contribution in [0.25, 0.3) is 0 Å².